The summed E-state index contributed by atoms with van der Waals surface area (Å²) in [5.74, 6) is 2.46. The lowest BCUT2D eigenvalue weighted by atomic mass is 9.39. The zero-order valence-electron chi connectivity index (χ0n) is 38.1. The number of hydrogen-bond acceptors (Lipinski definition) is 4. The second-order valence-electron chi connectivity index (χ2n) is 19.0. The van der Waals surface area contributed by atoms with Crippen LogP contribution >= 0.6 is 0 Å². The summed E-state index contributed by atoms with van der Waals surface area (Å²) in [5.41, 5.74) is 19.4. The summed E-state index contributed by atoms with van der Waals surface area (Å²) in [7, 11) is 0. The minimum absolute atomic E-state index is 0.00563. The fraction of sp³-hybridized carbons (Fsp3) is 0. The van der Waals surface area contributed by atoms with Crippen molar-refractivity contribution in [1.29, 1.82) is 0 Å². The molecule has 0 aliphatic carbocycles. The number of aromatic nitrogens is 7. The van der Waals surface area contributed by atoms with E-state index in [9.17, 15) is 0 Å². The second kappa shape index (κ2) is 14.6. The van der Waals surface area contributed by atoms with Gasteiger partial charge in [0.25, 0.3) is 0 Å². The molecule has 0 fully saturated rings. The van der Waals surface area contributed by atoms with Crippen molar-refractivity contribution < 1.29 is 0 Å². The number of rotatable bonds is 5. The molecular formula is C62H37B2N7. The van der Waals surface area contributed by atoms with E-state index in [1.54, 1.807) is 0 Å². The Bertz CT molecular complexity index is 4540. The number of pyridine rings is 2. The van der Waals surface area contributed by atoms with Crippen LogP contribution in [0.5, 0.6) is 0 Å². The summed E-state index contributed by atoms with van der Waals surface area (Å²) in [6.45, 7) is -0.0138. The highest BCUT2D eigenvalue weighted by Crippen LogP contribution is 2.38. The van der Waals surface area contributed by atoms with E-state index >= 15 is 0 Å². The standard InChI is InChI=1S/C62H37B2N7/c1-6-19-51-40(14-1)46-34-48-43-17-4-8-21-55(43)70(61-23-10-12-29-66-61)58(48)36-52(46)64(51)39-25-27-45-49-35-47-41-15-2-5-18-50(41)63(53(47)37-59(49)71(57(45)33-39)62-67-30-13-31-68-62)38-24-26-44-42-16-3-7-20-54(42)69(56(44)32-38)60-22-9-11-28-65-60/h1-37H. The van der Waals surface area contributed by atoms with Gasteiger partial charge < -0.3 is 0 Å². The molecule has 71 heavy (non-hydrogen) atoms. The number of fused-ring (bicyclic) bond motifs is 15. The number of benzene rings is 8. The average Bonchev–Trinajstić information content (AvgIpc) is 4.21. The van der Waals surface area contributed by atoms with Crippen molar-refractivity contribution >= 4 is 112 Å². The Labute approximate surface area is 408 Å². The summed E-state index contributed by atoms with van der Waals surface area (Å²) >= 11 is 0. The maximum absolute atomic E-state index is 4.95. The van der Waals surface area contributed by atoms with Gasteiger partial charge in [-0.05, 0) is 101 Å². The maximum atomic E-state index is 4.95. The third-order valence-corrected chi connectivity index (χ3v) is 15.4. The van der Waals surface area contributed by atoms with Crippen molar-refractivity contribution in [3.63, 3.8) is 0 Å². The molecule has 0 unspecified atom stereocenters. The lowest BCUT2D eigenvalue weighted by molar-refractivity contribution is 0.989. The quantitative estimate of drug-likeness (QED) is 0.162. The van der Waals surface area contributed by atoms with Gasteiger partial charge in [0.15, 0.2) is 0 Å². The van der Waals surface area contributed by atoms with Crippen LogP contribution in [0, 0.1) is 0 Å². The molecule has 2 aliphatic heterocycles. The second-order valence-corrected chi connectivity index (χ2v) is 19.0. The highest BCUT2D eigenvalue weighted by atomic mass is 15.1. The molecule has 0 radical (unpaired) electrons. The highest BCUT2D eigenvalue weighted by Gasteiger charge is 2.37. The summed E-state index contributed by atoms with van der Waals surface area (Å²) in [6.07, 6.45) is 7.45. The van der Waals surface area contributed by atoms with Gasteiger partial charge in [0.2, 0.25) is 19.4 Å². The van der Waals surface area contributed by atoms with Gasteiger partial charge in [0.1, 0.15) is 11.6 Å². The molecule has 0 saturated heterocycles. The summed E-state index contributed by atoms with van der Waals surface area (Å²) in [5, 5.41) is 7.20. The van der Waals surface area contributed by atoms with Crippen molar-refractivity contribution in [1.82, 2.24) is 33.6 Å². The Hall–Kier alpha value is -9.33. The molecule has 0 saturated carbocycles. The first-order chi connectivity index (χ1) is 35.2. The van der Waals surface area contributed by atoms with Crippen molar-refractivity contribution in [2.45, 2.75) is 0 Å². The van der Waals surface area contributed by atoms with Crippen LogP contribution in [0.2, 0.25) is 0 Å². The Kier molecular flexibility index (Phi) is 7.94. The predicted molar refractivity (Wildman–Crippen MR) is 294 cm³/mol. The van der Waals surface area contributed by atoms with Crippen molar-refractivity contribution in [2.75, 3.05) is 0 Å². The molecule has 7 nitrogen and oxygen atoms in total. The van der Waals surface area contributed by atoms with Gasteiger partial charge in [-0.15, -0.1) is 0 Å². The molecular weight excluding hydrogens is 864 g/mol. The Morgan fingerprint density at radius 3 is 1.24 bits per heavy atom. The van der Waals surface area contributed by atoms with Gasteiger partial charge in [-0.25, -0.2) is 19.9 Å². The van der Waals surface area contributed by atoms with Gasteiger partial charge in [0.05, 0.1) is 33.1 Å². The minimum Gasteiger partial charge on any atom is -0.294 e. The van der Waals surface area contributed by atoms with E-state index in [2.05, 4.69) is 196 Å². The first-order valence-corrected chi connectivity index (χ1v) is 24.3. The smallest absolute Gasteiger partial charge is 0.243 e. The third kappa shape index (κ3) is 5.40. The largest absolute Gasteiger partial charge is 0.294 e. The lowest BCUT2D eigenvalue weighted by Crippen LogP contribution is -2.48. The summed E-state index contributed by atoms with van der Waals surface area (Å²) < 4.78 is 6.92. The number of hydrogen-bond donors (Lipinski definition) is 0. The fourth-order valence-electron chi connectivity index (χ4n) is 12.5. The molecule has 0 spiro atoms. The van der Waals surface area contributed by atoms with Gasteiger partial charge in [0, 0.05) is 57.1 Å². The molecule has 8 aromatic carbocycles. The van der Waals surface area contributed by atoms with Crippen LogP contribution in [0.25, 0.3) is 105 Å². The molecule has 0 amide bonds. The van der Waals surface area contributed by atoms with Crippen molar-refractivity contribution in [2.24, 2.45) is 0 Å². The molecule has 16 rings (SSSR count). The zero-order chi connectivity index (χ0) is 46.3. The molecule has 326 valence electrons. The lowest BCUT2D eigenvalue weighted by Gasteiger charge is -2.14. The average molecular weight is 902 g/mol. The molecule has 9 heteroatoms. The molecule has 2 aliphatic rings. The number of nitrogens with zero attached hydrogens (tertiary/aromatic N) is 7. The van der Waals surface area contributed by atoms with E-state index in [4.69, 9.17) is 19.9 Å². The fourth-order valence-corrected chi connectivity index (χ4v) is 12.5. The van der Waals surface area contributed by atoms with Gasteiger partial charge in [-0.2, -0.15) is 0 Å². The minimum atomic E-state index is -0.00814. The van der Waals surface area contributed by atoms with Crippen molar-refractivity contribution in [3.8, 4) is 39.8 Å². The zero-order valence-corrected chi connectivity index (χ0v) is 38.1. The van der Waals surface area contributed by atoms with Crippen LogP contribution in [0.15, 0.2) is 225 Å². The SMILES string of the molecule is c1ccc(-n2c3ccccc3c3ccc(B4c5ccccc5-c5cc6c7ccc(B8c9ccccc9-c9cc%10c%11ccccc%11n(-c%11ccccn%11)c%10cc98)cc7n(-c7ncccn7)c6cc54)cc32)nc1. The molecule has 6 aromatic heterocycles. The van der Waals surface area contributed by atoms with Crippen LogP contribution in [-0.4, -0.2) is 47.1 Å². The molecule has 14 aromatic rings. The van der Waals surface area contributed by atoms with Gasteiger partial charge in [-0.3, -0.25) is 13.7 Å². The number of para-hydroxylation sites is 2. The van der Waals surface area contributed by atoms with Crippen LogP contribution in [-0.2, 0) is 0 Å². The predicted octanol–water partition coefficient (Wildman–Crippen LogP) is 9.55. The van der Waals surface area contributed by atoms with E-state index in [0.717, 1.165) is 44.7 Å². The van der Waals surface area contributed by atoms with Crippen LogP contribution in [0.1, 0.15) is 0 Å². The normalized spacial score (nSPS) is 12.7. The highest BCUT2D eigenvalue weighted by molar-refractivity contribution is 7.00. The first-order valence-electron chi connectivity index (χ1n) is 24.3. The van der Waals surface area contributed by atoms with Crippen LogP contribution in [0.4, 0.5) is 0 Å². The third-order valence-electron chi connectivity index (χ3n) is 15.4. The van der Waals surface area contributed by atoms with E-state index in [-0.39, 0.29) is 13.4 Å². The summed E-state index contributed by atoms with van der Waals surface area (Å²) in [4.78, 5) is 19.6. The monoisotopic (exact) mass is 901 g/mol. The van der Waals surface area contributed by atoms with Crippen molar-refractivity contribution in [3.05, 3.63) is 225 Å². The van der Waals surface area contributed by atoms with Gasteiger partial charge in [-0.1, -0.05) is 154 Å². The molecule has 0 atom stereocenters. The van der Waals surface area contributed by atoms with E-state index < -0.39 is 0 Å². The van der Waals surface area contributed by atoms with Gasteiger partial charge >= 0.3 is 0 Å². The Morgan fingerprint density at radius 2 is 0.690 bits per heavy atom. The van der Waals surface area contributed by atoms with Crippen LogP contribution in [0.3, 0.4) is 0 Å². The molecule has 0 N–H and O–H groups in total. The summed E-state index contributed by atoms with van der Waals surface area (Å²) in [6, 6.07) is 73.3. The first kappa shape index (κ1) is 38.6. The van der Waals surface area contributed by atoms with E-state index in [1.165, 1.54) is 87.3 Å². The topological polar surface area (TPSA) is 66.3 Å². The molecule has 0 bridgehead atoms. The van der Waals surface area contributed by atoms with Crippen LogP contribution < -0.4 is 32.8 Å². The van der Waals surface area contributed by atoms with E-state index in [1.807, 2.05) is 43.0 Å². The molecule has 8 heterocycles. The Balaban J connectivity index is 0.922. The Morgan fingerprint density at radius 1 is 0.268 bits per heavy atom. The van der Waals surface area contributed by atoms with E-state index in [0.29, 0.717) is 5.95 Å². The maximum Gasteiger partial charge on any atom is 0.243 e.